The Morgan fingerprint density at radius 2 is 1.84 bits per heavy atom. The van der Waals surface area contributed by atoms with Gasteiger partial charge in [-0.05, 0) is 58.4 Å². The molecule has 0 radical (unpaired) electrons. The van der Waals surface area contributed by atoms with Crippen LogP contribution in [0.1, 0.15) is 11.3 Å². The second-order valence-electron chi connectivity index (χ2n) is 4.99. The minimum atomic E-state index is 0.440. The van der Waals surface area contributed by atoms with Crippen molar-refractivity contribution in [2.45, 2.75) is 9.99 Å². The summed E-state index contributed by atoms with van der Waals surface area (Å²) in [5.41, 5.74) is 1.11. The van der Waals surface area contributed by atoms with E-state index >= 15 is 0 Å². The molecule has 25 heavy (non-hydrogen) atoms. The molecule has 124 valence electrons. The van der Waals surface area contributed by atoms with Crippen LogP contribution in [-0.4, -0.2) is 0 Å². The van der Waals surface area contributed by atoms with E-state index in [4.69, 9.17) is 27.6 Å². The number of rotatable bonds is 4. The smallest absolute Gasteiger partial charge is 0.179 e. The zero-order valence-corrected chi connectivity index (χ0v) is 16.6. The molecule has 0 N–H and O–H groups in total. The summed E-state index contributed by atoms with van der Waals surface area (Å²) in [6, 6.07) is 18.7. The molecule has 1 heterocycles. The molecule has 0 saturated carbocycles. The van der Waals surface area contributed by atoms with Crippen LogP contribution in [-0.2, 0) is 0 Å². The number of hydrogen-bond acceptors (Lipinski definition) is 3. The number of nitriles is 1. The van der Waals surface area contributed by atoms with E-state index in [-0.39, 0.29) is 0 Å². The highest BCUT2D eigenvalue weighted by molar-refractivity contribution is 9.10. The van der Waals surface area contributed by atoms with Gasteiger partial charge in [0, 0.05) is 20.5 Å². The molecule has 0 aliphatic heterocycles. The maximum atomic E-state index is 9.45. The Bertz CT molecular complexity index is 974. The highest BCUT2D eigenvalue weighted by atomic mass is 79.9. The molecule has 1 aromatic heterocycles. The fourth-order valence-corrected chi connectivity index (χ4v) is 3.81. The maximum Gasteiger partial charge on any atom is 0.179 e. The monoisotopic (exact) mass is 449 g/mol. The third-order valence-electron chi connectivity index (χ3n) is 3.27. The van der Waals surface area contributed by atoms with Crippen molar-refractivity contribution in [2.75, 3.05) is 0 Å². The van der Waals surface area contributed by atoms with Gasteiger partial charge in [-0.2, -0.15) is 5.26 Å². The molecule has 0 atom stereocenters. The predicted molar refractivity (Wildman–Crippen MR) is 107 cm³/mol. The molecule has 0 aliphatic carbocycles. The van der Waals surface area contributed by atoms with Crippen molar-refractivity contribution in [3.8, 4) is 6.07 Å². The average Bonchev–Trinajstić information content (AvgIpc) is 2.95. The van der Waals surface area contributed by atoms with Crippen LogP contribution < -0.4 is 0 Å². The van der Waals surface area contributed by atoms with Crippen LogP contribution in [0.4, 0.5) is 0 Å². The Labute approximate surface area is 168 Å². The molecule has 0 bridgehead atoms. The van der Waals surface area contributed by atoms with Gasteiger partial charge in [0.2, 0.25) is 0 Å². The number of furan rings is 1. The second kappa shape index (κ2) is 8.16. The van der Waals surface area contributed by atoms with E-state index in [2.05, 4.69) is 22.0 Å². The van der Waals surface area contributed by atoms with Gasteiger partial charge in [-0.15, -0.1) is 0 Å². The summed E-state index contributed by atoms with van der Waals surface area (Å²) in [7, 11) is 0. The van der Waals surface area contributed by atoms with Gasteiger partial charge < -0.3 is 4.42 Å². The first kappa shape index (κ1) is 18.2. The Kier molecular flexibility index (Phi) is 5.93. The zero-order chi connectivity index (χ0) is 17.8. The molecule has 2 aromatic carbocycles. The Morgan fingerprint density at radius 1 is 1.12 bits per heavy atom. The van der Waals surface area contributed by atoms with Gasteiger partial charge in [-0.25, -0.2) is 0 Å². The molecule has 0 saturated heterocycles. The van der Waals surface area contributed by atoms with E-state index in [1.807, 2.05) is 42.5 Å². The number of allylic oxidation sites excluding steroid dienone is 1. The number of benzene rings is 2. The molecule has 6 heteroatoms. The fraction of sp³-hybridized carbons (Fsp3) is 0. The van der Waals surface area contributed by atoms with Gasteiger partial charge in [0.25, 0.3) is 0 Å². The quantitative estimate of drug-likeness (QED) is 0.384. The van der Waals surface area contributed by atoms with Gasteiger partial charge >= 0.3 is 0 Å². The SMILES string of the molecule is N#CC(=Cc1cc(Br)c(Sc2ccc(Cl)cc2)o1)c1ccccc1Cl. The topological polar surface area (TPSA) is 36.9 Å². The van der Waals surface area contributed by atoms with E-state index in [9.17, 15) is 5.26 Å². The molecule has 3 rings (SSSR count). The van der Waals surface area contributed by atoms with Crippen LogP contribution in [0, 0.1) is 11.3 Å². The second-order valence-corrected chi connectivity index (χ2v) is 7.73. The van der Waals surface area contributed by atoms with Crippen molar-refractivity contribution in [1.82, 2.24) is 0 Å². The third-order valence-corrected chi connectivity index (χ3v) is 5.70. The summed E-state index contributed by atoms with van der Waals surface area (Å²) >= 11 is 17.0. The largest absolute Gasteiger partial charge is 0.449 e. The van der Waals surface area contributed by atoms with Gasteiger partial charge in [-0.3, -0.25) is 0 Å². The third kappa shape index (κ3) is 4.50. The lowest BCUT2D eigenvalue weighted by Crippen LogP contribution is -1.82. The van der Waals surface area contributed by atoms with Crippen LogP contribution in [0.25, 0.3) is 11.6 Å². The normalized spacial score (nSPS) is 11.4. The molecule has 0 unspecified atom stereocenters. The van der Waals surface area contributed by atoms with Crippen molar-refractivity contribution >= 4 is 62.5 Å². The van der Waals surface area contributed by atoms with Crippen LogP contribution in [0.15, 0.2) is 73.5 Å². The summed E-state index contributed by atoms with van der Waals surface area (Å²) in [5, 5.41) is 11.4. The standard InChI is InChI=1S/C19H10BrCl2NOS/c20-17-10-14(9-12(11-23)16-3-1-2-4-18(16)22)24-19(17)25-15-7-5-13(21)6-8-15/h1-10H. The van der Waals surface area contributed by atoms with E-state index in [1.54, 1.807) is 18.2 Å². The van der Waals surface area contributed by atoms with Crippen LogP contribution >= 0.6 is 50.9 Å². The Balaban J connectivity index is 1.90. The first-order valence-electron chi connectivity index (χ1n) is 7.16. The minimum Gasteiger partial charge on any atom is -0.449 e. The van der Waals surface area contributed by atoms with Gasteiger partial charge in [0.1, 0.15) is 5.76 Å². The Morgan fingerprint density at radius 3 is 2.52 bits per heavy atom. The van der Waals surface area contributed by atoms with Crippen LogP contribution in [0.5, 0.6) is 0 Å². The van der Waals surface area contributed by atoms with Gasteiger partial charge in [0.05, 0.1) is 16.1 Å². The van der Waals surface area contributed by atoms with Crippen molar-refractivity contribution in [1.29, 1.82) is 5.26 Å². The van der Waals surface area contributed by atoms with Crippen molar-refractivity contribution in [3.05, 3.63) is 80.4 Å². The number of nitrogens with zero attached hydrogens (tertiary/aromatic N) is 1. The molecule has 0 fully saturated rings. The molecule has 0 spiro atoms. The molecule has 3 aromatic rings. The van der Waals surface area contributed by atoms with Crippen molar-refractivity contribution in [2.24, 2.45) is 0 Å². The van der Waals surface area contributed by atoms with E-state index in [0.29, 0.717) is 32.0 Å². The summed E-state index contributed by atoms with van der Waals surface area (Å²) in [6.45, 7) is 0. The number of halogens is 3. The van der Waals surface area contributed by atoms with E-state index in [0.717, 1.165) is 9.37 Å². The van der Waals surface area contributed by atoms with E-state index in [1.165, 1.54) is 11.8 Å². The zero-order valence-electron chi connectivity index (χ0n) is 12.7. The lowest BCUT2D eigenvalue weighted by atomic mass is 10.1. The Hall–Kier alpha value is -1.64. The predicted octanol–water partition coefficient (Wildman–Crippen LogP) is 7.56. The summed E-state index contributed by atoms with van der Waals surface area (Å²) < 4.78 is 6.67. The number of hydrogen-bond donors (Lipinski definition) is 0. The van der Waals surface area contributed by atoms with Crippen molar-refractivity contribution < 1.29 is 4.42 Å². The van der Waals surface area contributed by atoms with Crippen LogP contribution in [0.3, 0.4) is 0 Å². The van der Waals surface area contributed by atoms with E-state index < -0.39 is 0 Å². The first-order valence-corrected chi connectivity index (χ1v) is 9.53. The molecule has 0 aliphatic rings. The summed E-state index contributed by atoms with van der Waals surface area (Å²) in [6.07, 6.45) is 1.68. The fourth-order valence-electron chi connectivity index (χ4n) is 2.11. The molecular formula is C19H10BrCl2NOS. The molecular weight excluding hydrogens is 441 g/mol. The first-order chi connectivity index (χ1) is 12.1. The van der Waals surface area contributed by atoms with Crippen molar-refractivity contribution in [3.63, 3.8) is 0 Å². The highest BCUT2D eigenvalue weighted by Crippen LogP contribution is 2.37. The van der Waals surface area contributed by atoms with Crippen LogP contribution in [0.2, 0.25) is 10.0 Å². The molecule has 0 amide bonds. The molecule has 2 nitrogen and oxygen atoms in total. The van der Waals surface area contributed by atoms with Gasteiger partial charge in [0.15, 0.2) is 5.09 Å². The van der Waals surface area contributed by atoms with Gasteiger partial charge in [-0.1, -0.05) is 53.2 Å². The highest BCUT2D eigenvalue weighted by Gasteiger charge is 2.12. The maximum absolute atomic E-state index is 9.45. The lowest BCUT2D eigenvalue weighted by molar-refractivity contribution is 0.463. The summed E-state index contributed by atoms with van der Waals surface area (Å²) in [4.78, 5) is 1.00. The summed E-state index contributed by atoms with van der Waals surface area (Å²) in [5.74, 6) is 0.569. The lowest BCUT2D eigenvalue weighted by Gasteiger charge is -2.01. The average molecular weight is 451 g/mol. The minimum absolute atomic E-state index is 0.440.